The highest BCUT2D eigenvalue weighted by Gasteiger charge is 2.15. The lowest BCUT2D eigenvalue weighted by Crippen LogP contribution is -2.14. The molecule has 4 rings (SSSR count). The Morgan fingerprint density at radius 2 is 1.82 bits per heavy atom. The van der Waals surface area contributed by atoms with E-state index in [-0.39, 0.29) is 12.4 Å². The number of rotatable bonds is 5. The average molecular weight is 373 g/mol. The maximum Gasteiger partial charge on any atom is 0.338 e. The minimum absolute atomic E-state index is 0.245. The van der Waals surface area contributed by atoms with Gasteiger partial charge in [-0.05, 0) is 50.2 Å². The molecule has 0 saturated heterocycles. The zero-order chi connectivity index (χ0) is 19.7. The number of ether oxygens (including phenoxy) is 1. The summed E-state index contributed by atoms with van der Waals surface area (Å²) < 4.78 is 7.02. The highest BCUT2D eigenvalue weighted by Crippen LogP contribution is 2.18. The van der Waals surface area contributed by atoms with Crippen molar-refractivity contribution >= 4 is 22.7 Å². The van der Waals surface area contributed by atoms with Gasteiger partial charge < -0.3 is 9.72 Å². The number of aromatic amines is 1. The highest BCUT2D eigenvalue weighted by atomic mass is 16.5. The van der Waals surface area contributed by atoms with E-state index in [1.807, 2.05) is 48.9 Å². The number of esters is 1. The fraction of sp³-hybridized carbons (Fsp3) is 0.136. The van der Waals surface area contributed by atoms with E-state index in [1.165, 1.54) is 0 Å². The number of fused-ring (bicyclic) bond motifs is 1. The van der Waals surface area contributed by atoms with Crippen LogP contribution in [0.15, 0.2) is 60.8 Å². The zero-order valence-corrected chi connectivity index (χ0v) is 15.6. The molecule has 0 amide bonds. The first-order valence-corrected chi connectivity index (χ1v) is 8.93. The van der Waals surface area contributed by atoms with Gasteiger partial charge in [0.15, 0.2) is 6.61 Å². The van der Waals surface area contributed by atoms with Gasteiger partial charge in [-0.1, -0.05) is 18.2 Å². The van der Waals surface area contributed by atoms with Crippen molar-refractivity contribution in [2.75, 3.05) is 6.61 Å². The number of carbonyl (C=O) groups is 2. The minimum Gasteiger partial charge on any atom is -0.454 e. The molecule has 2 aromatic carbocycles. The van der Waals surface area contributed by atoms with Gasteiger partial charge in [0.25, 0.3) is 0 Å². The van der Waals surface area contributed by atoms with Gasteiger partial charge >= 0.3 is 5.97 Å². The number of nitrogens with zero attached hydrogens (tertiary/aromatic N) is 2. The number of hydrogen-bond donors (Lipinski definition) is 1. The molecule has 0 aliphatic rings. The lowest BCUT2D eigenvalue weighted by molar-refractivity contribution is 0.0475. The number of H-pyrrole nitrogens is 1. The van der Waals surface area contributed by atoms with Crippen molar-refractivity contribution in [3.8, 4) is 5.69 Å². The molecule has 0 radical (unpaired) electrons. The third-order valence-corrected chi connectivity index (χ3v) is 4.58. The number of carbonyl (C=O) groups excluding carboxylic acids is 2. The van der Waals surface area contributed by atoms with Crippen molar-refractivity contribution in [3.63, 3.8) is 0 Å². The topological polar surface area (TPSA) is 77.0 Å². The van der Waals surface area contributed by atoms with E-state index >= 15 is 0 Å². The summed E-state index contributed by atoms with van der Waals surface area (Å²) in [5.41, 5.74) is 4.57. The summed E-state index contributed by atoms with van der Waals surface area (Å²) in [4.78, 5) is 27.8. The van der Waals surface area contributed by atoms with E-state index in [0.29, 0.717) is 11.1 Å². The molecule has 0 saturated carbocycles. The van der Waals surface area contributed by atoms with Crippen LogP contribution in [-0.4, -0.2) is 33.1 Å². The third-order valence-electron chi connectivity index (χ3n) is 4.58. The molecule has 0 unspecified atom stereocenters. The SMILES string of the molecule is Cc1cc(C)n(-c2ccc(C(=O)OCC(=O)c3c[nH]c4ccccc34)cc2)n1. The second-order valence-electron chi connectivity index (χ2n) is 6.63. The molecule has 2 aromatic heterocycles. The number of nitrogens with one attached hydrogen (secondary N) is 1. The minimum atomic E-state index is -0.534. The normalized spacial score (nSPS) is 10.9. The highest BCUT2D eigenvalue weighted by molar-refractivity contribution is 6.09. The molecule has 0 atom stereocenters. The van der Waals surface area contributed by atoms with Gasteiger partial charge in [0.2, 0.25) is 5.78 Å². The van der Waals surface area contributed by atoms with E-state index in [4.69, 9.17) is 4.74 Å². The van der Waals surface area contributed by atoms with Crippen molar-refractivity contribution in [1.82, 2.24) is 14.8 Å². The van der Waals surface area contributed by atoms with Gasteiger partial charge in [-0.25, -0.2) is 9.48 Å². The van der Waals surface area contributed by atoms with Crippen LogP contribution in [0.25, 0.3) is 16.6 Å². The number of benzene rings is 2. The Morgan fingerprint density at radius 3 is 2.54 bits per heavy atom. The molecule has 1 N–H and O–H groups in total. The smallest absolute Gasteiger partial charge is 0.338 e. The van der Waals surface area contributed by atoms with E-state index < -0.39 is 5.97 Å². The molecular weight excluding hydrogens is 354 g/mol. The first-order chi connectivity index (χ1) is 13.5. The number of hydrogen-bond acceptors (Lipinski definition) is 4. The van der Waals surface area contributed by atoms with Crippen LogP contribution in [0.5, 0.6) is 0 Å². The Morgan fingerprint density at radius 1 is 1.07 bits per heavy atom. The molecule has 0 spiro atoms. The van der Waals surface area contributed by atoms with Gasteiger partial charge in [0, 0.05) is 28.4 Å². The van der Waals surface area contributed by atoms with Crippen LogP contribution in [0.2, 0.25) is 0 Å². The van der Waals surface area contributed by atoms with Gasteiger partial charge in [0.1, 0.15) is 0 Å². The third kappa shape index (κ3) is 3.32. The summed E-state index contributed by atoms with van der Waals surface area (Å²) in [7, 11) is 0. The fourth-order valence-corrected chi connectivity index (χ4v) is 3.22. The van der Waals surface area contributed by atoms with Crippen LogP contribution in [-0.2, 0) is 4.74 Å². The summed E-state index contributed by atoms with van der Waals surface area (Å²) in [5.74, 6) is -0.779. The maximum atomic E-state index is 12.4. The number of Topliss-reactive ketones (excluding diaryl/α,β-unsaturated/α-hetero) is 1. The molecular formula is C22H19N3O3. The molecule has 4 aromatic rings. The first kappa shape index (κ1) is 17.7. The number of ketones is 1. The lowest BCUT2D eigenvalue weighted by Gasteiger charge is -2.07. The average Bonchev–Trinajstić information content (AvgIpc) is 3.28. The molecule has 2 heterocycles. The van der Waals surface area contributed by atoms with E-state index in [1.54, 1.807) is 30.5 Å². The van der Waals surface area contributed by atoms with Crippen molar-refractivity contribution in [2.45, 2.75) is 13.8 Å². The Hall–Kier alpha value is -3.67. The summed E-state index contributed by atoms with van der Waals surface area (Å²) in [6.07, 6.45) is 1.64. The maximum absolute atomic E-state index is 12.4. The van der Waals surface area contributed by atoms with Crippen molar-refractivity contribution in [2.24, 2.45) is 0 Å². The van der Waals surface area contributed by atoms with Gasteiger partial charge in [-0.2, -0.15) is 5.10 Å². The van der Waals surface area contributed by atoms with Gasteiger partial charge in [-0.3, -0.25) is 4.79 Å². The second-order valence-corrected chi connectivity index (χ2v) is 6.63. The standard InChI is InChI=1S/C22H19N3O3/c1-14-11-15(2)25(24-14)17-9-7-16(8-10-17)22(27)28-13-21(26)19-12-23-20-6-4-3-5-18(19)20/h3-12,23H,13H2,1-2H3. The molecule has 6 nitrogen and oxygen atoms in total. The Kier molecular flexibility index (Phi) is 4.53. The van der Waals surface area contributed by atoms with E-state index in [2.05, 4.69) is 10.1 Å². The molecule has 0 fully saturated rings. The summed E-state index contributed by atoms with van der Waals surface area (Å²) in [6.45, 7) is 3.60. The molecule has 0 bridgehead atoms. The van der Waals surface area contributed by atoms with Crippen LogP contribution in [0, 0.1) is 13.8 Å². The van der Waals surface area contributed by atoms with Gasteiger partial charge in [0.05, 0.1) is 16.9 Å². The van der Waals surface area contributed by atoms with Crippen LogP contribution >= 0.6 is 0 Å². The fourth-order valence-electron chi connectivity index (χ4n) is 3.22. The van der Waals surface area contributed by atoms with Crippen molar-refractivity contribution < 1.29 is 14.3 Å². The Bertz CT molecular complexity index is 1170. The largest absolute Gasteiger partial charge is 0.454 e. The number of aromatic nitrogens is 3. The Labute approximate surface area is 161 Å². The van der Waals surface area contributed by atoms with Crippen molar-refractivity contribution in [1.29, 1.82) is 0 Å². The monoisotopic (exact) mass is 373 g/mol. The van der Waals surface area contributed by atoms with Crippen LogP contribution < -0.4 is 0 Å². The first-order valence-electron chi connectivity index (χ1n) is 8.93. The van der Waals surface area contributed by atoms with E-state index in [0.717, 1.165) is 28.0 Å². The van der Waals surface area contributed by atoms with E-state index in [9.17, 15) is 9.59 Å². The zero-order valence-electron chi connectivity index (χ0n) is 15.6. The Balaban J connectivity index is 1.44. The predicted molar refractivity (Wildman–Crippen MR) is 106 cm³/mol. The van der Waals surface area contributed by atoms with Crippen LogP contribution in [0.3, 0.4) is 0 Å². The van der Waals surface area contributed by atoms with Crippen molar-refractivity contribution in [3.05, 3.63) is 83.3 Å². The lowest BCUT2D eigenvalue weighted by atomic mass is 10.1. The number of aryl methyl sites for hydroxylation is 2. The molecule has 140 valence electrons. The molecule has 6 heteroatoms. The quantitative estimate of drug-likeness (QED) is 0.424. The molecule has 0 aliphatic carbocycles. The van der Waals surface area contributed by atoms with Gasteiger partial charge in [-0.15, -0.1) is 0 Å². The summed E-state index contributed by atoms with van der Waals surface area (Å²) in [5, 5.41) is 5.24. The number of para-hydroxylation sites is 1. The molecule has 0 aliphatic heterocycles. The summed E-state index contributed by atoms with van der Waals surface area (Å²) in [6, 6.07) is 16.4. The van der Waals surface area contributed by atoms with Crippen LogP contribution in [0.1, 0.15) is 32.1 Å². The molecule has 28 heavy (non-hydrogen) atoms. The summed E-state index contributed by atoms with van der Waals surface area (Å²) >= 11 is 0. The van der Waals surface area contributed by atoms with Crippen LogP contribution in [0.4, 0.5) is 0 Å². The predicted octanol–water partition coefficient (Wildman–Crippen LogP) is 4.01. The second kappa shape index (κ2) is 7.15.